The van der Waals surface area contributed by atoms with E-state index < -0.39 is 12.0 Å². The number of Topliss-reactive ketones (excluding diaryl/α,β-unsaturated/α-hetero) is 1. The van der Waals surface area contributed by atoms with Crippen LogP contribution in [0, 0.1) is 11.3 Å². The SMILES string of the molecule is CC(=O)C1=CNc2c(C#N)cnn2C1C(=O)O. The molecule has 17 heavy (non-hydrogen) atoms. The third-order valence-corrected chi connectivity index (χ3v) is 2.46. The summed E-state index contributed by atoms with van der Waals surface area (Å²) in [6, 6.07) is 0.697. The molecule has 0 radical (unpaired) electrons. The number of nitrogens with one attached hydrogen (secondary N) is 1. The molecule has 7 nitrogen and oxygen atoms in total. The van der Waals surface area contributed by atoms with Crippen LogP contribution >= 0.6 is 0 Å². The molecule has 2 N–H and O–H groups in total. The number of carbonyl (C=O) groups is 2. The number of carboxylic acid groups (broad SMARTS) is 1. The quantitative estimate of drug-likeness (QED) is 0.758. The summed E-state index contributed by atoms with van der Waals surface area (Å²) in [6.07, 6.45) is 2.56. The lowest BCUT2D eigenvalue weighted by Crippen LogP contribution is -2.29. The molecule has 2 heterocycles. The highest BCUT2D eigenvalue weighted by molar-refractivity contribution is 6.00. The molecule has 1 aromatic rings. The van der Waals surface area contributed by atoms with Gasteiger partial charge in [-0.1, -0.05) is 0 Å². The van der Waals surface area contributed by atoms with E-state index in [9.17, 15) is 9.59 Å². The molecular formula is C10H8N4O3. The molecule has 0 bridgehead atoms. The van der Waals surface area contributed by atoms with Gasteiger partial charge in [0.15, 0.2) is 11.8 Å². The predicted molar refractivity (Wildman–Crippen MR) is 56.0 cm³/mol. The zero-order chi connectivity index (χ0) is 12.6. The molecule has 7 heteroatoms. The molecule has 0 saturated heterocycles. The maximum atomic E-state index is 11.3. The van der Waals surface area contributed by atoms with Crippen molar-refractivity contribution in [3.63, 3.8) is 0 Å². The average molecular weight is 232 g/mol. The van der Waals surface area contributed by atoms with E-state index in [-0.39, 0.29) is 22.7 Å². The van der Waals surface area contributed by atoms with Crippen LogP contribution in [0.5, 0.6) is 0 Å². The Morgan fingerprint density at radius 3 is 2.88 bits per heavy atom. The number of anilines is 1. The first-order valence-corrected chi connectivity index (χ1v) is 4.74. The highest BCUT2D eigenvalue weighted by Crippen LogP contribution is 2.29. The molecular weight excluding hydrogens is 224 g/mol. The average Bonchev–Trinajstić information content (AvgIpc) is 2.69. The minimum Gasteiger partial charge on any atom is -0.479 e. The van der Waals surface area contributed by atoms with Crippen molar-refractivity contribution >= 4 is 17.6 Å². The van der Waals surface area contributed by atoms with Gasteiger partial charge >= 0.3 is 5.97 Å². The zero-order valence-electron chi connectivity index (χ0n) is 8.84. The summed E-state index contributed by atoms with van der Waals surface area (Å²) in [5.74, 6) is -1.27. The van der Waals surface area contributed by atoms with Crippen LogP contribution in [0.15, 0.2) is 18.0 Å². The number of aromatic nitrogens is 2. The molecule has 1 aliphatic heterocycles. The first kappa shape index (κ1) is 10.9. The van der Waals surface area contributed by atoms with E-state index in [2.05, 4.69) is 10.4 Å². The van der Waals surface area contributed by atoms with Crippen molar-refractivity contribution in [2.24, 2.45) is 0 Å². The Morgan fingerprint density at radius 1 is 1.65 bits per heavy atom. The van der Waals surface area contributed by atoms with Gasteiger partial charge in [-0.2, -0.15) is 10.4 Å². The number of carboxylic acids is 1. The van der Waals surface area contributed by atoms with Crippen molar-refractivity contribution in [1.29, 1.82) is 5.26 Å². The Bertz CT molecular complexity index is 579. The van der Waals surface area contributed by atoms with Gasteiger partial charge in [0.05, 0.1) is 6.20 Å². The number of ketones is 1. The maximum Gasteiger partial charge on any atom is 0.333 e. The topological polar surface area (TPSA) is 108 Å². The number of fused-ring (bicyclic) bond motifs is 1. The first-order chi connectivity index (χ1) is 8.06. The van der Waals surface area contributed by atoms with Gasteiger partial charge in [0, 0.05) is 11.8 Å². The van der Waals surface area contributed by atoms with Gasteiger partial charge in [-0.05, 0) is 6.92 Å². The van der Waals surface area contributed by atoms with Crippen LogP contribution in [0.1, 0.15) is 18.5 Å². The molecule has 1 aromatic heterocycles. The van der Waals surface area contributed by atoms with Gasteiger partial charge in [0.1, 0.15) is 17.5 Å². The van der Waals surface area contributed by atoms with Crippen LogP contribution in [0.3, 0.4) is 0 Å². The molecule has 0 saturated carbocycles. The second-order valence-electron chi connectivity index (χ2n) is 3.50. The van der Waals surface area contributed by atoms with Crippen LogP contribution in [-0.4, -0.2) is 26.6 Å². The molecule has 0 aromatic carbocycles. The molecule has 1 atom stereocenters. The van der Waals surface area contributed by atoms with Gasteiger partial charge in [0.2, 0.25) is 0 Å². The van der Waals surface area contributed by atoms with Crippen molar-refractivity contribution in [1.82, 2.24) is 9.78 Å². The van der Waals surface area contributed by atoms with Crippen molar-refractivity contribution in [3.8, 4) is 6.07 Å². The van der Waals surface area contributed by atoms with Gasteiger partial charge in [-0.15, -0.1) is 0 Å². The van der Waals surface area contributed by atoms with E-state index in [1.54, 1.807) is 0 Å². The molecule has 86 valence electrons. The van der Waals surface area contributed by atoms with Crippen LogP contribution in [0.4, 0.5) is 5.82 Å². The van der Waals surface area contributed by atoms with Crippen LogP contribution in [-0.2, 0) is 9.59 Å². The van der Waals surface area contributed by atoms with E-state index in [1.165, 1.54) is 19.3 Å². The fourth-order valence-corrected chi connectivity index (χ4v) is 1.67. The Kier molecular flexibility index (Phi) is 2.40. The fraction of sp³-hybridized carbons (Fsp3) is 0.200. The lowest BCUT2D eigenvalue weighted by atomic mass is 10.0. The molecule has 1 unspecified atom stereocenters. The standard InChI is InChI=1S/C10H8N4O3/c1-5(15)7-4-12-9-6(2-11)3-13-14(9)8(7)10(16)17/h3-4,8,12H,1H3,(H,16,17). The Hall–Kier alpha value is -2.62. The molecule has 0 fully saturated rings. The lowest BCUT2D eigenvalue weighted by molar-refractivity contribution is -0.140. The molecule has 0 amide bonds. The third-order valence-electron chi connectivity index (χ3n) is 2.46. The van der Waals surface area contributed by atoms with Gasteiger partial charge < -0.3 is 10.4 Å². The van der Waals surface area contributed by atoms with Crippen molar-refractivity contribution in [2.45, 2.75) is 13.0 Å². The normalized spacial score (nSPS) is 17.4. The number of aliphatic carboxylic acids is 1. The number of hydrogen-bond acceptors (Lipinski definition) is 5. The largest absolute Gasteiger partial charge is 0.479 e. The van der Waals surface area contributed by atoms with Crippen molar-refractivity contribution < 1.29 is 14.7 Å². The fourth-order valence-electron chi connectivity index (χ4n) is 1.67. The monoisotopic (exact) mass is 232 g/mol. The summed E-state index contributed by atoms with van der Waals surface area (Å²) < 4.78 is 1.12. The van der Waals surface area contributed by atoms with Gasteiger partial charge in [0.25, 0.3) is 0 Å². The minimum atomic E-state index is -1.19. The van der Waals surface area contributed by atoms with E-state index in [0.29, 0.717) is 0 Å². The predicted octanol–water partition coefficient (Wildman–Crippen LogP) is 0.279. The number of nitrogens with zero attached hydrogens (tertiary/aromatic N) is 3. The third kappa shape index (κ3) is 1.56. The smallest absolute Gasteiger partial charge is 0.333 e. The highest BCUT2D eigenvalue weighted by Gasteiger charge is 2.33. The second kappa shape index (κ2) is 3.75. The number of carbonyl (C=O) groups excluding carboxylic acids is 1. The Balaban J connectivity index is 2.57. The Morgan fingerprint density at radius 2 is 2.35 bits per heavy atom. The van der Waals surface area contributed by atoms with E-state index >= 15 is 0 Å². The van der Waals surface area contributed by atoms with Gasteiger partial charge in [-0.25, -0.2) is 9.48 Å². The number of hydrogen-bond donors (Lipinski definition) is 2. The van der Waals surface area contributed by atoms with Crippen molar-refractivity contribution in [2.75, 3.05) is 5.32 Å². The van der Waals surface area contributed by atoms with E-state index in [0.717, 1.165) is 4.68 Å². The molecule has 1 aliphatic rings. The zero-order valence-corrected chi connectivity index (χ0v) is 8.84. The van der Waals surface area contributed by atoms with E-state index in [1.807, 2.05) is 6.07 Å². The van der Waals surface area contributed by atoms with Crippen LogP contribution in [0.2, 0.25) is 0 Å². The van der Waals surface area contributed by atoms with E-state index in [4.69, 9.17) is 10.4 Å². The highest BCUT2D eigenvalue weighted by atomic mass is 16.4. The summed E-state index contributed by atoms with van der Waals surface area (Å²) in [7, 11) is 0. The van der Waals surface area contributed by atoms with Gasteiger partial charge in [-0.3, -0.25) is 4.79 Å². The molecule has 2 rings (SSSR count). The molecule has 0 aliphatic carbocycles. The van der Waals surface area contributed by atoms with Crippen LogP contribution < -0.4 is 5.32 Å². The summed E-state index contributed by atoms with van der Waals surface area (Å²) in [6.45, 7) is 1.28. The number of nitriles is 1. The second-order valence-corrected chi connectivity index (χ2v) is 3.50. The summed E-state index contributed by atoms with van der Waals surface area (Å²) in [4.78, 5) is 22.5. The minimum absolute atomic E-state index is 0.0950. The van der Waals surface area contributed by atoms with Crippen LogP contribution in [0.25, 0.3) is 0 Å². The number of rotatable bonds is 2. The first-order valence-electron chi connectivity index (χ1n) is 4.74. The summed E-state index contributed by atoms with van der Waals surface area (Å²) in [5, 5.41) is 24.5. The Labute approximate surface area is 96.0 Å². The summed E-state index contributed by atoms with van der Waals surface area (Å²) >= 11 is 0. The molecule has 0 spiro atoms. The summed E-state index contributed by atoms with van der Waals surface area (Å²) in [5.41, 5.74) is 0.327. The maximum absolute atomic E-state index is 11.3. The van der Waals surface area contributed by atoms with Crippen molar-refractivity contribution in [3.05, 3.63) is 23.5 Å². The lowest BCUT2D eigenvalue weighted by Gasteiger charge is -2.22.